The molecule has 2 heterocycles. The van der Waals surface area contributed by atoms with Crippen LogP contribution in [0.4, 0.5) is 0 Å². The summed E-state index contributed by atoms with van der Waals surface area (Å²) < 4.78 is 6.09. The molecule has 0 radical (unpaired) electrons. The van der Waals surface area contributed by atoms with E-state index in [1.165, 1.54) is 0 Å². The number of phenols is 1. The first-order valence-electron chi connectivity index (χ1n) is 10.0. The maximum atomic E-state index is 12.8. The van der Waals surface area contributed by atoms with Gasteiger partial charge in [-0.15, -0.1) is 0 Å². The van der Waals surface area contributed by atoms with Gasteiger partial charge in [0, 0.05) is 43.2 Å². The number of likely N-dealkylation sites (tertiary alicyclic amines) is 1. The molecule has 1 fully saturated rings. The van der Waals surface area contributed by atoms with Crippen LogP contribution in [0, 0.1) is 0 Å². The average molecular weight is 394 g/mol. The number of rotatable bonds is 5. The molecule has 0 unspecified atom stereocenters. The van der Waals surface area contributed by atoms with Crippen molar-refractivity contribution in [3.8, 4) is 17.1 Å². The number of fused-ring (bicyclic) bond motifs is 1. The largest absolute Gasteiger partial charge is 0.508 e. The first kappa shape index (κ1) is 19.5. The van der Waals surface area contributed by atoms with E-state index in [9.17, 15) is 15.0 Å². The number of phenolic OH excluding ortho intramolecular Hbond substituents is 1. The number of carbonyl (C=O) groups excluding carboxylic acids is 1. The number of piperidine rings is 1. The third-order valence-corrected chi connectivity index (χ3v) is 5.66. The Kier molecular flexibility index (Phi) is 5.56. The molecule has 0 saturated carbocycles. The van der Waals surface area contributed by atoms with Gasteiger partial charge in [-0.1, -0.05) is 30.3 Å². The fourth-order valence-electron chi connectivity index (χ4n) is 4.05. The van der Waals surface area contributed by atoms with Crippen molar-refractivity contribution in [1.82, 2.24) is 10.2 Å². The lowest BCUT2D eigenvalue weighted by Gasteiger charge is -2.29. The summed E-state index contributed by atoms with van der Waals surface area (Å²) in [6, 6.07) is 12.9. The zero-order valence-corrected chi connectivity index (χ0v) is 16.5. The number of aliphatic hydroxyl groups excluding tert-OH is 1. The van der Waals surface area contributed by atoms with E-state index in [0.29, 0.717) is 28.7 Å². The molecule has 6 nitrogen and oxygen atoms in total. The van der Waals surface area contributed by atoms with E-state index in [2.05, 4.69) is 10.2 Å². The second kappa shape index (κ2) is 8.27. The van der Waals surface area contributed by atoms with Crippen LogP contribution in [0.15, 0.2) is 46.9 Å². The summed E-state index contributed by atoms with van der Waals surface area (Å²) in [5.41, 5.74) is 2.58. The Labute approximate surface area is 169 Å². The third-order valence-electron chi connectivity index (χ3n) is 5.66. The summed E-state index contributed by atoms with van der Waals surface area (Å²) in [4.78, 5) is 15.1. The highest BCUT2D eigenvalue weighted by Crippen LogP contribution is 2.38. The Hall–Kier alpha value is -2.83. The number of hydrogen-bond acceptors (Lipinski definition) is 5. The summed E-state index contributed by atoms with van der Waals surface area (Å²) in [7, 11) is 1.59. The number of nitrogens with zero attached hydrogens (tertiary/aromatic N) is 1. The molecule has 0 spiro atoms. The van der Waals surface area contributed by atoms with Gasteiger partial charge in [-0.2, -0.15) is 0 Å². The number of nitrogens with one attached hydrogen (secondary N) is 1. The topological polar surface area (TPSA) is 85.9 Å². The molecule has 6 heteroatoms. The zero-order chi connectivity index (χ0) is 20.4. The second-order valence-electron chi connectivity index (χ2n) is 7.51. The van der Waals surface area contributed by atoms with Gasteiger partial charge in [0.05, 0.1) is 11.7 Å². The van der Waals surface area contributed by atoms with Crippen LogP contribution in [0.3, 0.4) is 0 Å². The molecular weight excluding hydrogens is 368 g/mol. The third kappa shape index (κ3) is 3.86. The summed E-state index contributed by atoms with van der Waals surface area (Å²) in [5.74, 6) is 0.434. The Morgan fingerprint density at radius 3 is 2.59 bits per heavy atom. The smallest absolute Gasteiger partial charge is 0.255 e. The molecule has 1 aliphatic heterocycles. The maximum absolute atomic E-state index is 12.8. The summed E-state index contributed by atoms with van der Waals surface area (Å²) in [6.07, 6.45) is 1.91. The Balaban J connectivity index is 1.77. The molecular formula is C23H26N2O4. The van der Waals surface area contributed by atoms with Crippen LogP contribution in [0.5, 0.6) is 5.75 Å². The molecule has 0 atom stereocenters. The van der Waals surface area contributed by atoms with Gasteiger partial charge >= 0.3 is 0 Å². The van der Waals surface area contributed by atoms with Crippen molar-refractivity contribution in [2.45, 2.75) is 25.4 Å². The summed E-state index contributed by atoms with van der Waals surface area (Å²) in [5, 5.41) is 23.7. The van der Waals surface area contributed by atoms with E-state index in [-0.39, 0.29) is 17.8 Å². The highest BCUT2D eigenvalue weighted by molar-refractivity contribution is 6.12. The number of benzene rings is 2. The molecule has 3 N–H and O–H groups in total. The molecule has 0 bridgehead atoms. The lowest BCUT2D eigenvalue weighted by Crippen LogP contribution is -2.37. The van der Waals surface area contributed by atoms with Gasteiger partial charge in [-0.05, 0) is 31.4 Å². The highest BCUT2D eigenvalue weighted by atomic mass is 16.3. The molecule has 0 aliphatic carbocycles. The molecule has 1 aliphatic rings. The number of carbonyl (C=O) groups is 1. The van der Waals surface area contributed by atoms with Gasteiger partial charge in [-0.25, -0.2) is 0 Å². The van der Waals surface area contributed by atoms with Crippen molar-refractivity contribution in [1.29, 1.82) is 0 Å². The van der Waals surface area contributed by atoms with Crippen LogP contribution in [-0.4, -0.2) is 53.8 Å². The minimum atomic E-state index is -0.240. The van der Waals surface area contributed by atoms with Crippen LogP contribution < -0.4 is 5.32 Å². The van der Waals surface area contributed by atoms with Crippen molar-refractivity contribution < 1.29 is 19.4 Å². The minimum Gasteiger partial charge on any atom is -0.508 e. The van der Waals surface area contributed by atoms with Crippen LogP contribution in [0.2, 0.25) is 0 Å². The monoisotopic (exact) mass is 394 g/mol. The second-order valence-corrected chi connectivity index (χ2v) is 7.51. The van der Waals surface area contributed by atoms with E-state index >= 15 is 0 Å². The molecule has 1 aromatic heterocycles. The molecule has 3 aromatic rings. The normalized spacial score (nSPS) is 15.7. The average Bonchev–Trinajstić information content (AvgIpc) is 3.14. The van der Waals surface area contributed by atoms with E-state index in [0.717, 1.165) is 43.6 Å². The molecule has 152 valence electrons. The molecule has 4 rings (SSSR count). The zero-order valence-electron chi connectivity index (χ0n) is 16.5. The van der Waals surface area contributed by atoms with Crippen molar-refractivity contribution in [3.63, 3.8) is 0 Å². The lowest BCUT2D eigenvalue weighted by atomic mass is 9.98. The Bertz CT molecular complexity index is 1000. The van der Waals surface area contributed by atoms with Gasteiger partial charge in [-0.3, -0.25) is 4.79 Å². The predicted molar refractivity (Wildman–Crippen MR) is 112 cm³/mol. The first-order valence-corrected chi connectivity index (χ1v) is 10.0. The van der Waals surface area contributed by atoms with E-state index in [1.807, 2.05) is 30.3 Å². The number of aliphatic hydroxyl groups is 1. The summed E-state index contributed by atoms with van der Waals surface area (Å²) >= 11 is 0. The van der Waals surface area contributed by atoms with Crippen molar-refractivity contribution in [2.24, 2.45) is 0 Å². The SMILES string of the molecule is CNC(=O)c1c(-c2ccccc2)oc2ccc(O)c(CCN3CCC(O)CC3)c12. The number of hydrogen-bond donors (Lipinski definition) is 3. The van der Waals surface area contributed by atoms with Crippen LogP contribution in [0.1, 0.15) is 28.8 Å². The molecule has 1 amide bonds. The van der Waals surface area contributed by atoms with Crippen molar-refractivity contribution >= 4 is 16.9 Å². The van der Waals surface area contributed by atoms with E-state index in [4.69, 9.17) is 4.42 Å². The van der Waals surface area contributed by atoms with Gasteiger partial charge in [0.2, 0.25) is 0 Å². The van der Waals surface area contributed by atoms with E-state index in [1.54, 1.807) is 19.2 Å². The molecule has 29 heavy (non-hydrogen) atoms. The number of amides is 1. The van der Waals surface area contributed by atoms with Crippen LogP contribution in [0.25, 0.3) is 22.3 Å². The minimum absolute atomic E-state index is 0.167. The molecule has 2 aromatic carbocycles. The quantitative estimate of drug-likeness (QED) is 0.619. The highest BCUT2D eigenvalue weighted by Gasteiger charge is 2.25. The van der Waals surface area contributed by atoms with Gasteiger partial charge in [0.15, 0.2) is 0 Å². The predicted octanol–water partition coefficient (Wildman–Crippen LogP) is 3.16. The van der Waals surface area contributed by atoms with Crippen molar-refractivity contribution in [2.75, 3.05) is 26.7 Å². The van der Waals surface area contributed by atoms with Gasteiger partial charge in [0.1, 0.15) is 17.1 Å². The molecule has 1 saturated heterocycles. The fraction of sp³-hybridized carbons (Fsp3) is 0.348. The van der Waals surface area contributed by atoms with Gasteiger partial charge < -0.3 is 24.8 Å². The first-order chi connectivity index (χ1) is 14.1. The Morgan fingerprint density at radius 1 is 1.17 bits per heavy atom. The lowest BCUT2D eigenvalue weighted by molar-refractivity contribution is 0.0831. The standard InChI is InChI=1S/C23H26N2O4/c1-24-23(28)21-20-17(11-14-25-12-9-16(26)10-13-25)18(27)7-8-19(20)29-22(21)15-5-3-2-4-6-15/h2-8,16,26-27H,9-14H2,1H3,(H,24,28). The fourth-order valence-corrected chi connectivity index (χ4v) is 4.05. The van der Waals surface area contributed by atoms with Crippen LogP contribution in [-0.2, 0) is 6.42 Å². The summed E-state index contributed by atoms with van der Waals surface area (Å²) in [6.45, 7) is 2.42. The Morgan fingerprint density at radius 2 is 1.90 bits per heavy atom. The van der Waals surface area contributed by atoms with Crippen molar-refractivity contribution in [3.05, 3.63) is 53.6 Å². The van der Waals surface area contributed by atoms with Gasteiger partial charge in [0.25, 0.3) is 5.91 Å². The maximum Gasteiger partial charge on any atom is 0.255 e. The van der Waals surface area contributed by atoms with E-state index < -0.39 is 0 Å². The number of furan rings is 1. The van der Waals surface area contributed by atoms with Crippen LogP contribution >= 0.6 is 0 Å². The number of aromatic hydroxyl groups is 1.